The first-order chi connectivity index (χ1) is 19.5. The van der Waals surface area contributed by atoms with Crippen molar-refractivity contribution in [2.45, 2.75) is 18.9 Å². The van der Waals surface area contributed by atoms with Gasteiger partial charge >= 0.3 is 0 Å². The number of hydrogen-bond acceptors (Lipinski definition) is 5. The van der Waals surface area contributed by atoms with Gasteiger partial charge in [-0.2, -0.15) is 0 Å². The molecule has 3 heterocycles. The molecule has 0 saturated carbocycles. The largest absolute Gasteiger partial charge is 0.497 e. The summed E-state index contributed by atoms with van der Waals surface area (Å²) in [5, 5.41) is 0.879. The summed E-state index contributed by atoms with van der Waals surface area (Å²) in [6.07, 6.45) is 3.51. The number of nitrogens with zero attached hydrogens (tertiary/aromatic N) is 2. The first-order valence-corrected chi connectivity index (χ1v) is 14.4. The summed E-state index contributed by atoms with van der Waals surface area (Å²) in [6.45, 7) is 0. The van der Waals surface area contributed by atoms with Crippen molar-refractivity contribution in [2.24, 2.45) is 4.99 Å². The molecule has 1 aliphatic heterocycles. The van der Waals surface area contributed by atoms with Gasteiger partial charge in [0.25, 0.3) is 5.56 Å². The van der Waals surface area contributed by atoms with Crippen LogP contribution in [-0.2, 0) is 6.42 Å². The van der Waals surface area contributed by atoms with Gasteiger partial charge in [0, 0.05) is 17.2 Å². The van der Waals surface area contributed by atoms with Gasteiger partial charge in [0.1, 0.15) is 17.3 Å². The van der Waals surface area contributed by atoms with E-state index < -0.39 is 0 Å². The van der Waals surface area contributed by atoms with Gasteiger partial charge in [0.2, 0.25) is 0 Å². The van der Waals surface area contributed by atoms with Crippen LogP contribution in [0, 0.1) is 0 Å². The summed E-state index contributed by atoms with van der Waals surface area (Å²) in [4.78, 5) is 19.7. The summed E-state index contributed by atoms with van der Waals surface area (Å²) in [5.74, 6) is 1.90. The van der Waals surface area contributed by atoms with Crippen molar-refractivity contribution < 1.29 is 9.15 Å². The minimum atomic E-state index is -0.259. The number of fused-ring (bicyclic) bond motifs is 3. The number of benzene rings is 3. The van der Waals surface area contributed by atoms with Crippen molar-refractivity contribution in [3.8, 4) is 17.1 Å². The molecule has 198 valence electrons. The molecular weight excluding hydrogens is 563 g/mol. The Kier molecular flexibility index (Phi) is 6.27. The maximum absolute atomic E-state index is 14.0. The van der Waals surface area contributed by atoms with Crippen molar-refractivity contribution in [3.63, 3.8) is 0 Å². The molecule has 3 aromatic carbocycles. The number of rotatable bonds is 4. The number of furan rings is 1. The van der Waals surface area contributed by atoms with Crippen molar-refractivity contribution in [1.82, 2.24) is 4.57 Å². The predicted molar refractivity (Wildman–Crippen MR) is 160 cm³/mol. The fourth-order valence-electron chi connectivity index (χ4n) is 5.51. The van der Waals surface area contributed by atoms with Crippen LogP contribution >= 0.6 is 34.5 Å². The van der Waals surface area contributed by atoms with Crippen molar-refractivity contribution >= 4 is 46.3 Å². The fourth-order valence-corrected chi connectivity index (χ4v) is 6.88. The highest BCUT2D eigenvalue weighted by Crippen LogP contribution is 2.41. The van der Waals surface area contributed by atoms with Crippen molar-refractivity contribution in [3.05, 3.63) is 137 Å². The minimum absolute atomic E-state index is 0.103. The molecule has 5 aromatic rings. The van der Waals surface area contributed by atoms with Crippen molar-refractivity contribution in [1.29, 1.82) is 0 Å². The number of hydrogen-bond donors (Lipinski definition) is 0. The molecule has 0 N–H and O–H groups in total. The van der Waals surface area contributed by atoms with Gasteiger partial charge in [-0.15, -0.1) is 0 Å². The van der Waals surface area contributed by atoms with Crippen LogP contribution in [0.25, 0.3) is 23.1 Å². The van der Waals surface area contributed by atoms with E-state index in [0.29, 0.717) is 36.5 Å². The quantitative estimate of drug-likeness (QED) is 0.231. The van der Waals surface area contributed by atoms with E-state index in [-0.39, 0.29) is 11.6 Å². The first-order valence-electron chi connectivity index (χ1n) is 12.8. The molecule has 40 heavy (non-hydrogen) atoms. The highest BCUT2D eigenvalue weighted by molar-refractivity contribution is 7.07. The van der Waals surface area contributed by atoms with Gasteiger partial charge in [-0.1, -0.05) is 77.0 Å². The SMILES string of the molecule is COc1ccc([C@@H]2C3=C(N=c4s/c(=C\c5ccc(-c6cccc(Cl)c6Cl)o5)c(=O)n42)c2ccccc2CC3)cc1. The van der Waals surface area contributed by atoms with E-state index in [1.54, 1.807) is 19.3 Å². The molecule has 2 aromatic heterocycles. The minimum Gasteiger partial charge on any atom is -0.497 e. The Morgan fingerprint density at radius 2 is 1.77 bits per heavy atom. The zero-order valence-electron chi connectivity index (χ0n) is 21.4. The van der Waals surface area contributed by atoms with E-state index in [9.17, 15) is 4.79 Å². The number of aromatic nitrogens is 1. The van der Waals surface area contributed by atoms with Crippen molar-refractivity contribution in [2.75, 3.05) is 7.11 Å². The molecule has 0 bridgehead atoms. The molecule has 1 atom stereocenters. The van der Waals surface area contributed by atoms with Crippen LogP contribution in [0.3, 0.4) is 0 Å². The molecule has 0 amide bonds. The molecule has 2 aliphatic rings. The van der Waals surface area contributed by atoms with Crippen LogP contribution < -0.4 is 19.6 Å². The Labute approximate surface area is 243 Å². The maximum Gasteiger partial charge on any atom is 0.271 e. The van der Waals surface area contributed by atoms with Gasteiger partial charge in [0.05, 0.1) is 33.4 Å². The third-order valence-electron chi connectivity index (χ3n) is 7.42. The molecule has 0 spiro atoms. The zero-order chi connectivity index (χ0) is 27.4. The predicted octanol–water partition coefficient (Wildman–Crippen LogP) is 6.89. The number of ether oxygens (including phenoxy) is 1. The topological polar surface area (TPSA) is 56.7 Å². The van der Waals surface area contributed by atoms with Crippen LogP contribution in [0.5, 0.6) is 5.75 Å². The van der Waals surface area contributed by atoms with E-state index in [1.165, 1.54) is 16.9 Å². The van der Waals surface area contributed by atoms with Crippen LogP contribution in [0.4, 0.5) is 0 Å². The second-order valence-corrected chi connectivity index (χ2v) is 11.5. The maximum atomic E-state index is 14.0. The Hall–Kier alpha value is -3.84. The third kappa shape index (κ3) is 4.15. The third-order valence-corrected chi connectivity index (χ3v) is 9.22. The molecule has 0 fully saturated rings. The molecule has 0 unspecified atom stereocenters. The lowest BCUT2D eigenvalue weighted by Gasteiger charge is -2.30. The number of thiazole rings is 1. The smallest absolute Gasteiger partial charge is 0.271 e. The van der Waals surface area contributed by atoms with Gasteiger partial charge in [-0.05, 0) is 65.9 Å². The molecule has 0 radical (unpaired) electrons. The lowest BCUT2D eigenvalue weighted by atomic mass is 9.83. The van der Waals surface area contributed by atoms with E-state index in [1.807, 2.05) is 59.2 Å². The summed E-state index contributed by atoms with van der Waals surface area (Å²) in [5.41, 5.74) is 6.14. The van der Waals surface area contributed by atoms with Crippen LogP contribution in [0.2, 0.25) is 10.0 Å². The Balaban J connectivity index is 1.39. The molecule has 0 saturated heterocycles. The van der Waals surface area contributed by atoms with Crippen LogP contribution in [-0.4, -0.2) is 11.7 Å². The normalized spacial score (nSPS) is 16.3. The molecule has 8 heteroatoms. The van der Waals surface area contributed by atoms with E-state index in [0.717, 1.165) is 41.0 Å². The number of aryl methyl sites for hydroxylation is 1. The van der Waals surface area contributed by atoms with Gasteiger partial charge in [-0.3, -0.25) is 9.36 Å². The average Bonchev–Trinajstić information content (AvgIpc) is 3.57. The lowest BCUT2D eigenvalue weighted by Crippen LogP contribution is -2.38. The Morgan fingerprint density at radius 1 is 0.975 bits per heavy atom. The summed E-state index contributed by atoms with van der Waals surface area (Å²) in [6, 6.07) is 25.1. The zero-order valence-corrected chi connectivity index (χ0v) is 23.7. The second-order valence-electron chi connectivity index (χ2n) is 9.69. The highest BCUT2D eigenvalue weighted by atomic mass is 35.5. The fraction of sp³-hybridized carbons (Fsp3) is 0.125. The van der Waals surface area contributed by atoms with Crippen LogP contribution in [0.15, 0.2) is 98.6 Å². The number of methoxy groups -OCH3 is 1. The molecule has 5 nitrogen and oxygen atoms in total. The summed E-state index contributed by atoms with van der Waals surface area (Å²) >= 11 is 14.0. The highest BCUT2D eigenvalue weighted by Gasteiger charge is 2.32. The average molecular weight is 586 g/mol. The van der Waals surface area contributed by atoms with E-state index >= 15 is 0 Å². The molecular formula is C32H22Cl2N2O3S. The number of halogens is 2. The lowest BCUT2D eigenvalue weighted by molar-refractivity contribution is 0.414. The van der Waals surface area contributed by atoms with E-state index in [4.69, 9.17) is 37.3 Å². The standard InChI is InChI=1S/C32H22Cl2N2O3S/c1-38-20-12-9-19(10-13-20)30-24-15-11-18-5-2-3-6-22(18)29(24)35-32-36(30)31(37)27(40-32)17-21-14-16-26(39-21)23-7-4-8-25(33)28(23)34/h2-10,12-14,16-17,30H,11,15H2,1H3/b27-17-/t30-/m1/s1. The number of allylic oxidation sites excluding steroid dienone is 1. The molecule has 1 aliphatic carbocycles. The summed E-state index contributed by atoms with van der Waals surface area (Å²) < 4.78 is 13.8. The monoisotopic (exact) mass is 584 g/mol. The van der Waals surface area contributed by atoms with Gasteiger partial charge < -0.3 is 9.15 Å². The molecule has 7 rings (SSSR count). The van der Waals surface area contributed by atoms with Gasteiger partial charge in [0.15, 0.2) is 4.80 Å². The van der Waals surface area contributed by atoms with Gasteiger partial charge in [-0.25, -0.2) is 4.99 Å². The van der Waals surface area contributed by atoms with Crippen LogP contribution in [0.1, 0.15) is 34.9 Å². The first kappa shape index (κ1) is 25.1. The van der Waals surface area contributed by atoms with E-state index in [2.05, 4.69) is 18.2 Å². The Bertz CT molecular complexity index is 2000. The summed E-state index contributed by atoms with van der Waals surface area (Å²) in [7, 11) is 1.65. The Morgan fingerprint density at radius 3 is 2.60 bits per heavy atom. The second kappa shape index (κ2) is 9.97.